The number of carbonyl (C=O) groups excluding carboxylic acids is 1. The molecule has 190 valence electrons. The minimum absolute atomic E-state index is 0.0256. The highest BCUT2D eigenvalue weighted by atomic mass is 16.5. The number of aliphatic hydroxyl groups excluding tert-OH is 1. The Labute approximate surface area is 207 Å². The van der Waals surface area contributed by atoms with E-state index < -0.39 is 12.2 Å². The molecule has 1 amide bonds. The van der Waals surface area contributed by atoms with Crippen molar-refractivity contribution in [2.75, 3.05) is 51.8 Å². The number of hydrogen-bond acceptors (Lipinski definition) is 7. The first-order chi connectivity index (χ1) is 17.1. The molecule has 2 aliphatic heterocycles. The molecule has 0 radical (unpaired) electrons. The normalized spacial score (nSPS) is 23.1. The minimum atomic E-state index is -0.825. The third kappa shape index (κ3) is 6.66. The van der Waals surface area contributed by atoms with Gasteiger partial charge in [0.25, 0.3) is 5.91 Å². The van der Waals surface area contributed by atoms with E-state index in [1.807, 2.05) is 42.5 Å². The van der Waals surface area contributed by atoms with Crippen LogP contribution in [0.5, 0.6) is 11.5 Å². The van der Waals surface area contributed by atoms with Crippen LogP contribution in [0, 0.1) is 0 Å². The van der Waals surface area contributed by atoms with Gasteiger partial charge < -0.3 is 29.5 Å². The molecule has 0 saturated carbocycles. The zero-order chi connectivity index (χ0) is 24.6. The number of amides is 1. The van der Waals surface area contributed by atoms with Gasteiger partial charge in [-0.2, -0.15) is 0 Å². The standard InChI is InChI=1S/C27H37N3O5/c1-33-21-9-7-20(8-10-21)19-28-27(32)26-24(31)12-11-22(35-26)13-14-29-15-17-30(18-16-29)23-5-3-4-6-25(23)34-2/h3-10,22,24,26,31H,11-19H2,1-2H3,(H,28,32). The van der Waals surface area contributed by atoms with Gasteiger partial charge in [-0.3, -0.25) is 9.69 Å². The van der Waals surface area contributed by atoms with Gasteiger partial charge in [-0.25, -0.2) is 0 Å². The van der Waals surface area contributed by atoms with E-state index in [2.05, 4.69) is 21.2 Å². The van der Waals surface area contributed by atoms with Crippen LogP contribution in [0.1, 0.15) is 24.8 Å². The Morgan fingerprint density at radius 3 is 2.49 bits per heavy atom. The Morgan fingerprint density at radius 1 is 1.03 bits per heavy atom. The van der Waals surface area contributed by atoms with Crippen LogP contribution >= 0.6 is 0 Å². The van der Waals surface area contributed by atoms with Gasteiger partial charge in [0, 0.05) is 39.3 Å². The lowest BCUT2D eigenvalue weighted by atomic mass is 9.98. The van der Waals surface area contributed by atoms with Crippen molar-refractivity contribution < 1.29 is 24.1 Å². The smallest absolute Gasteiger partial charge is 0.252 e. The van der Waals surface area contributed by atoms with Crippen LogP contribution in [0.15, 0.2) is 48.5 Å². The average Bonchev–Trinajstić information content (AvgIpc) is 2.91. The molecule has 0 spiro atoms. The quantitative estimate of drug-likeness (QED) is 0.567. The molecular formula is C27H37N3O5. The topological polar surface area (TPSA) is 83.5 Å². The van der Waals surface area contributed by atoms with Gasteiger partial charge in [0.15, 0.2) is 6.10 Å². The molecule has 2 aromatic carbocycles. The highest BCUT2D eigenvalue weighted by Gasteiger charge is 2.35. The second kappa shape index (κ2) is 12.2. The van der Waals surface area contributed by atoms with Crippen LogP contribution in [0.25, 0.3) is 0 Å². The van der Waals surface area contributed by atoms with E-state index in [-0.39, 0.29) is 12.0 Å². The van der Waals surface area contributed by atoms with Crippen molar-refractivity contribution in [3.05, 3.63) is 54.1 Å². The van der Waals surface area contributed by atoms with Gasteiger partial charge in [0.1, 0.15) is 11.5 Å². The molecule has 2 aromatic rings. The van der Waals surface area contributed by atoms with Crippen LogP contribution in [0.3, 0.4) is 0 Å². The summed E-state index contributed by atoms with van der Waals surface area (Å²) in [7, 11) is 3.33. The number of rotatable bonds is 9. The molecule has 0 aromatic heterocycles. The number of hydrogen-bond donors (Lipinski definition) is 2. The third-order valence-corrected chi connectivity index (χ3v) is 6.92. The molecule has 2 N–H and O–H groups in total. The van der Waals surface area contributed by atoms with Gasteiger partial charge in [-0.05, 0) is 49.1 Å². The molecule has 4 rings (SSSR count). The number of piperazine rings is 1. The fourth-order valence-electron chi connectivity index (χ4n) is 4.79. The Hall–Kier alpha value is -2.81. The summed E-state index contributed by atoms with van der Waals surface area (Å²) in [6, 6.07) is 15.7. The van der Waals surface area contributed by atoms with Gasteiger partial charge >= 0.3 is 0 Å². The van der Waals surface area contributed by atoms with Crippen LogP contribution in [-0.4, -0.2) is 81.2 Å². The number of nitrogens with one attached hydrogen (secondary N) is 1. The monoisotopic (exact) mass is 483 g/mol. The molecule has 2 aliphatic rings. The van der Waals surface area contributed by atoms with E-state index in [1.165, 1.54) is 0 Å². The minimum Gasteiger partial charge on any atom is -0.497 e. The fraction of sp³-hybridized carbons (Fsp3) is 0.519. The van der Waals surface area contributed by atoms with E-state index in [0.717, 1.165) is 68.3 Å². The highest BCUT2D eigenvalue weighted by molar-refractivity contribution is 5.81. The Morgan fingerprint density at radius 2 is 1.77 bits per heavy atom. The number of nitrogens with zero attached hydrogens (tertiary/aromatic N) is 2. The summed E-state index contributed by atoms with van der Waals surface area (Å²) in [6.45, 7) is 5.14. The predicted molar refractivity (Wildman–Crippen MR) is 135 cm³/mol. The third-order valence-electron chi connectivity index (χ3n) is 6.92. The molecule has 3 unspecified atom stereocenters. The first kappa shape index (κ1) is 25.3. The summed E-state index contributed by atoms with van der Waals surface area (Å²) >= 11 is 0. The van der Waals surface area contributed by atoms with Gasteiger partial charge in [0.05, 0.1) is 32.1 Å². The summed E-state index contributed by atoms with van der Waals surface area (Å²) in [5.74, 6) is 1.42. The molecule has 2 fully saturated rings. The van der Waals surface area contributed by atoms with Crippen LogP contribution in [0.4, 0.5) is 5.69 Å². The second-order valence-electron chi connectivity index (χ2n) is 9.18. The van der Waals surface area contributed by atoms with Crippen molar-refractivity contribution in [1.29, 1.82) is 0 Å². The molecule has 35 heavy (non-hydrogen) atoms. The van der Waals surface area contributed by atoms with E-state index in [4.69, 9.17) is 14.2 Å². The summed E-state index contributed by atoms with van der Waals surface area (Å²) in [6.07, 6.45) is 0.574. The maximum atomic E-state index is 12.7. The van der Waals surface area contributed by atoms with E-state index >= 15 is 0 Å². The van der Waals surface area contributed by atoms with Crippen LogP contribution in [0.2, 0.25) is 0 Å². The van der Waals surface area contributed by atoms with Crippen molar-refractivity contribution in [3.8, 4) is 11.5 Å². The maximum Gasteiger partial charge on any atom is 0.252 e. The maximum absolute atomic E-state index is 12.7. The zero-order valence-corrected chi connectivity index (χ0v) is 20.7. The van der Waals surface area contributed by atoms with Crippen molar-refractivity contribution in [2.45, 2.75) is 44.1 Å². The zero-order valence-electron chi connectivity index (χ0n) is 20.7. The van der Waals surface area contributed by atoms with Gasteiger partial charge in [-0.1, -0.05) is 24.3 Å². The number of methoxy groups -OCH3 is 2. The van der Waals surface area contributed by atoms with E-state index in [9.17, 15) is 9.90 Å². The predicted octanol–water partition coefficient (Wildman–Crippen LogP) is 2.44. The van der Waals surface area contributed by atoms with E-state index in [1.54, 1.807) is 14.2 Å². The summed E-state index contributed by atoms with van der Waals surface area (Å²) in [5, 5.41) is 13.3. The Kier molecular flexibility index (Phi) is 8.84. The Bertz CT molecular complexity index is 946. The van der Waals surface area contributed by atoms with E-state index in [0.29, 0.717) is 13.0 Å². The molecule has 8 heteroatoms. The molecule has 3 atom stereocenters. The first-order valence-electron chi connectivity index (χ1n) is 12.4. The molecule has 2 heterocycles. The molecule has 2 saturated heterocycles. The van der Waals surface area contributed by atoms with Crippen molar-refractivity contribution in [1.82, 2.24) is 10.2 Å². The van der Waals surface area contributed by atoms with Gasteiger partial charge in [0.2, 0.25) is 0 Å². The summed E-state index contributed by atoms with van der Waals surface area (Å²) < 4.78 is 16.7. The second-order valence-corrected chi connectivity index (χ2v) is 9.18. The summed E-state index contributed by atoms with van der Waals surface area (Å²) in [4.78, 5) is 17.5. The molecule has 0 aliphatic carbocycles. The molecule has 0 bridgehead atoms. The molecular weight excluding hydrogens is 446 g/mol. The Balaban J connectivity index is 1.21. The first-order valence-corrected chi connectivity index (χ1v) is 12.4. The number of benzene rings is 2. The molecule has 8 nitrogen and oxygen atoms in total. The lowest BCUT2D eigenvalue weighted by Crippen LogP contribution is -2.50. The lowest BCUT2D eigenvalue weighted by molar-refractivity contribution is -0.158. The van der Waals surface area contributed by atoms with Crippen molar-refractivity contribution in [3.63, 3.8) is 0 Å². The van der Waals surface area contributed by atoms with Gasteiger partial charge in [-0.15, -0.1) is 0 Å². The largest absolute Gasteiger partial charge is 0.497 e. The number of para-hydroxylation sites is 2. The average molecular weight is 484 g/mol. The SMILES string of the molecule is COc1ccc(CNC(=O)C2OC(CCN3CCN(c4ccccc4OC)CC3)CCC2O)cc1. The number of aliphatic hydroxyl groups is 1. The number of carbonyl (C=O) groups is 1. The number of anilines is 1. The lowest BCUT2D eigenvalue weighted by Gasteiger charge is -2.38. The number of ether oxygens (including phenoxy) is 3. The highest BCUT2D eigenvalue weighted by Crippen LogP contribution is 2.28. The van der Waals surface area contributed by atoms with Crippen LogP contribution < -0.4 is 19.7 Å². The van der Waals surface area contributed by atoms with Crippen LogP contribution in [-0.2, 0) is 16.1 Å². The van der Waals surface area contributed by atoms with Crippen molar-refractivity contribution >= 4 is 11.6 Å². The van der Waals surface area contributed by atoms with Crippen molar-refractivity contribution in [2.24, 2.45) is 0 Å². The summed E-state index contributed by atoms with van der Waals surface area (Å²) in [5.41, 5.74) is 2.11. The fourth-order valence-corrected chi connectivity index (χ4v) is 4.79.